The predicted molar refractivity (Wildman–Crippen MR) is 85.9 cm³/mol. The van der Waals surface area contributed by atoms with Gasteiger partial charge in [0.25, 0.3) is 0 Å². The summed E-state index contributed by atoms with van der Waals surface area (Å²) in [6, 6.07) is 3.53. The molecule has 118 valence electrons. The van der Waals surface area contributed by atoms with Crippen molar-refractivity contribution in [3.8, 4) is 17.2 Å². The Labute approximate surface area is 133 Å². The van der Waals surface area contributed by atoms with E-state index in [9.17, 15) is 0 Å². The molecule has 0 aliphatic heterocycles. The second kappa shape index (κ2) is 7.08. The summed E-state index contributed by atoms with van der Waals surface area (Å²) in [6.07, 6.45) is 2.34. The van der Waals surface area contributed by atoms with Crippen molar-refractivity contribution in [1.29, 1.82) is 0 Å². The molecule has 0 fully saturated rings. The van der Waals surface area contributed by atoms with Gasteiger partial charge in [-0.15, -0.1) is 0 Å². The minimum Gasteiger partial charge on any atom is -0.496 e. The molecular weight excluding hydrogens is 304 g/mol. The summed E-state index contributed by atoms with van der Waals surface area (Å²) in [6.45, 7) is 1.98. The van der Waals surface area contributed by atoms with Gasteiger partial charge in [0.2, 0.25) is 4.77 Å². The number of H-pyrrole nitrogens is 1. The van der Waals surface area contributed by atoms with E-state index in [0.717, 1.165) is 5.82 Å². The number of rotatable bonds is 6. The van der Waals surface area contributed by atoms with Crippen molar-refractivity contribution in [3.05, 3.63) is 28.3 Å². The van der Waals surface area contributed by atoms with Gasteiger partial charge in [-0.3, -0.25) is 5.10 Å². The molecule has 0 bridgehead atoms. The van der Waals surface area contributed by atoms with Crippen molar-refractivity contribution < 1.29 is 14.2 Å². The Morgan fingerprint density at radius 1 is 1.23 bits per heavy atom. The number of aromatic nitrogens is 3. The Balaban J connectivity index is 2.50. The molecule has 0 aliphatic carbocycles. The van der Waals surface area contributed by atoms with Crippen LogP contribution < -0.4 is 14.2 Å². The number of methoxy groups -OCH3 is 3. The van der Waals surface area contributed by atoms with E-state index in [1.54, 1.807) is 44.4 Å². The van der Waals surface area contributed by atoms with Gasteiger partial charge in [-0.1, -0.05) is 6.92 Å². The number of aryl methyl sites for hydroxylation is 1. The Hall–Kier alpha value is -2.35. The van der Waals surface area contributed by atoms with Crippen LogP contribution in [0.4, 0.5) is 0 Å². The average Bonchev–Trinajstić information content (AvgIpc) is 2.91. The molecule has 8 heteroatoms. The Bertz CT molecular complexity index is 711. The van der Waals surface area contributed by atoms with Gasteiger partial charge in [0.1, 0.15) is 17.2 Å². The van der Waals surface area contributed by atoms with Gasteiger partial charge in [-0.05, 0) is 12.2 Å². The van der Waals surface area contributed by atoms with Crippen LogP contribution in [0.25, 0.3) is 0 Å². The topological polar surface area (TPSA) is 73.7 Å². The Morgan fingerprint density at radius 2 is 1.86 bits per heavy atom. The summed E-state index contributed by atoms with van der Waals surface area (Å²) < 4.78 is 18.0. The zero-order chi connectivity index (χ0) is 16.1. The second-order valence-electron chi connectivity index (χ2n) is 4.30. The number of benzene rings is 1. The smallest absolute Gasteiger partial charge is 0.216 e. The van der Waals surface area contributed by atoms with E-state index in [0.29, 0.717) is 34.0 Å². The maximum atomic E-state index is 5.38. The van der Waals surface area contributed by atoms with Crippen LogP contribution >= 0.6 is 12.2 Å². The van der Waals surface area contributed by atoms with Crippen LogP contribution in [0, 0.1) is 4.77 Å². The molecule has 1 N–H and O–H groups in total. The van der Waals surface area contributed by atoms with Crippen molar-refractivity contribution in [2.24, 2.45) is 5.10 Å². The van der Waals surface area contributed by atoms with E-state index < -0.39 is 0 Å². The SMILES string of the molecule is CCc1n[nH]c(=S)n1/N=C/c1c(OC)cc(OC)cc1OC. The minimum atomic E-state index is 0.430. The molecule has 22 heavy (non-hydrogen) atoms. The lowest BCUT2D eigenvalue weighted by Crippen LogP contribution is -2.01. The summed E-state index contributed by atoms with van der Waals surface area (Å²) in [7, 11) is 4.74. The molecule has 0 amide bonds. The van der Waals surface area contributed by atoms with Gasteiger partial charge in [-0.2, -0.15) is 14.9 Å². The molecule has 0 saturated heterocycles. The van der Waals surface area contributed by atoms with Crippen LogP contribution in [0.5, 0.6) is 17.2 Å². The third-order valence-electron chi connectivity index (χ3n) is 3.09. The molecule has 7 nitrogen and oxygen atoms in total. The highest BCUT2D eigenvalue weighted by atomic mass is 32.1. The van der Waals surface area contributed by atoms with Gasteiger partial charge in [0.05, 0.1) is 33.1 Å². The number of hydrogen-bond donors (Lipinski definition) is 1. The summed E-state index contributed by atoms with van der Waals surface area (Å²) in [4.78, 5) is 0. The molecule has 0 unspecified atom stereocenters. The third-order valence-corrected chi connectivity index (χ3v) is 3.35. The first-order valence-corrected chi connectivity index (χ1v) is 7.06. The number of nitrogens with zero attached hydrogens (tertiary/aromatic N) is 3. The van der Waals surface area contributed by atoms with Crippen LogP contribution in [-0.4, -0.2) is 42.4 Å². The van der Waals surface area contributed by atoms with Crippen molar-refractivity contribution in [2.45, 2.75) is 13.3 Å². The average molecular weight is 322 g/mol. The molecule has 0 radical (unpaired) electrons. The van der Waals surface area contributed by atoms with E-state index in [2.05, 4.69) is 15.3 Å². The zero-order valence-electron chi connectivity index (χ0n) is 12.9. The van der Waals surface area contributed by atoms with Crippen molar-refractivity contribution in [1.82, 2.24) is 14.9 Å². The lowest BCUT2D eigenvalue weighted by molar-refractivity contribution is 0.374. The predicted octanol–water partition coefficient (Wildman–Crippen LogP) is 2.41. The molecule has 0 atom stereocenters. The molecule has 2 aromatic rings. The molecule has 1 heterocycles. The standard InChI is InChI=1S/C14H18N4O3S/c1-5-13-16-17-14(22)18(13)15-8-10-11(20-3)6-9(19-2)7-12(10)21-4/h6-8H,5H2,1-4H3,(H,17,22)/b15-8+. The fourth-order valence-electron chi connectivity index (χ4n) is 1.95. The molecule has 1 aromatic carbocycles. The van der Waals surface area contributed by atoms with Crippen LogP contribution in [0.3, 0.4) is 0 Å². The number of aromatic amines is 1. The first kappa shape index (κ1) is 16.0. The lowest BCUT2D eigenvalue weighted by atomic mass is 10.2. The van der Waals surface area contributed by atoms with E-state index >= 15 is 0 Å². The molecule has 2 rings (SSSR count). The normalized spacial score (nSPS) is 10.9. The Kier molecular flexibility index (Phi) is 5.16. The largest absolute Gasteiger partial charge is 0.496 e. The molecular formula is C14H18N4O3S. The zero-order valence-corrected chi connectivity index (χ0v) is 13.7. The summed E-state index contributed by atoms with van der Waals surface area (Å²) in [5, 5.41) is 11.2. The highest BCUT2D eigenvalue weighted by Crippen LogP contribution is 2.32. The fraction of sp³-hybridized carbons (Fsp3) is 0.357. The monoisotopic (exact) mass is 322 g/mol. The van der Waals surface area contributed by atoms with Crippen LogP contribution in [0.2, 0.25) is 0 Å². The second-order valence-corrected chi connectivity index (χ2v) is 4.69. The van der Waals surface area contributed by atoms with Gasteiger partial charge in [0.15, 0.2) is 5.82 Å². The van der Waals surface area contributed by atoms with Crippen LogP contribution in [-0.2, 0) is 6.42 Å². The summed E-state index contributed by atoms with van der Waals surface area (Å²) in [5.74, 6) is 2.56. The number of ether oxygens (including phenoxy) is 3. The quantitative estimate of drug-likeness (QED) is 0.653. The fourth-order valence-corrected chi connectivity index (χ4v) is 2.15. The maximum absolute atomic E-state index is 5.38. The third kappa shape index (κ3) is 3.11. The lowest BCUT2D eigenvalue weighted by Gasteiger charge is -2.12. The Morgan fingerprint density at radius 3 is 2.36 bits per heavy atom. The van der Waals surface area contributed by atoms with Gasteiger partial charge in [-0.25, -0.2) is 0 Å². The van der Waals surface area contributed by atoms with Gasteiger partial charge < -0.3 is 14.2 Å². The van der Waals surface area contributed by atoms with Crippen molar-refractivity contribution in [3.63, 3.8) is 0 Å². The van der Waals surface area contributed by atoms with Crippen molar-refractivity contribution >= 4 is 18.4 Å². The molecule has 1 aromatic heterocycles. The van der Waals surface area contributed by atoms with E-state index in [1.165, 1.54) is 0 Å². The van der Waals surface area contributed by atoms with E-state index in [1.807, 2.05) is 6.92 Å². The van der Waals surface area contributed by atoms with Gasteiger partial charge >= 0.3 is 0 Å². The highest BCUT2D eigenvalue weighted by Gasteiger charge is 2.12. The highest BCUT2D eigenvalue weighted by molar-refractivity contribution is 7.71. The maximum Gasteiger partial charge on any atom is 0.216 e. The van der Waals surface area contributed by atoms with Crippen LogP contribution in [0.15, 0.2) is 17.2 Å². The van der Waals surface area contributed by atoms with Crippen LogP contribution in [0.1, 0.15) is 18.3 Å². The molecule has 0 aliphatic rings. The minimum absolute atomic E-state index is 0.430. The van der Waals surface area contributed by atoms with E-state index in [-0.39, 0.29) is 0 Å². The summed E-state index contributed by atoms with van der Waals surface area (Å²) in [5.41, 5.74) is 0.691. The first-order valence-electron chi connectivity index (χ1n) is 6.65. The number of hydrogen-bond acceptors (Lipinski definition) is 6. The first-order chi connectivity index (χ1) is 10.6. The molecule has 0 saturated carbocycles. The van der Waals surface area contributed by atoms with Gasteiger partial charge in [0, 0.05) is 18.6 Å². The van der Waals surface area contributed by atoms with Crippen molar-refractivity contribution in [2.75, 3.05) is 21.3 Å². The van der Waals surface area contributed by atoms with E-state index in [4.69, 9.17) is 26.4 Å². The molecule has 0 spiro atoms. The number of nitrogens with one attached hydrogen (secondary N) is 1. The summed E-state index contributed by atoms with van der Waals surface area (Å²) >= 11 is 5.17.